The van der Waals surface area contributed by atoms with E-state index >= 15 is 0 Å². The maximum absolute atomic E-state index is 12.2. The van der Waals surface area contributed by atoms with Crippen molar-refractivity contribution in [3.63, 3.8) is 0 Å². The van der Waals surface area contributed by atoms with Crippen LogP contribution in [0.1, 0.15) is 44.9 Å². The van der Waals surface area contributed by atoms with Gasteiger partial charge < -0.3 is 14.8 Å². The van der Waals surface area contributed by atoms with E-state index in [9.17, 15) is 13.2 Å². The highest BCUT2D eigenvalue weighted by Crippen LogP contribution is 2.25. The number of hydrogen-bond acceptors (Lipinski definition) is 5. The van der Waals surface area contributed by atoms with Crippen LogP contribution in [-0.2, 0) is 19.4 Å². The lowest BCUT2D eigenvalue weighted by Gasteiger charge is -2.13. The van der Waals surface area contributed by atoms with Crippen LogP contribution >= 0.6 is 0 Å². The van der Waals surface area contributed by atoms with Gasteiger partial charge in [0.25, 0.3) is 0 Å². The van der Waals surface area contributed by atoms with Gasteiger partial charge in [-0.25, -0.2) is 8.42 Å². The van der Waals surface area contributed by atoms with E-state index < -0.39 is 9.84 Å². The number of rotatable bonds is 8. The van der Waals surface area contributed by atoms with Crippen LogP contribution in [0.5, 0.6) is 5.75 Å². The predicted octanol–water partition coefficient (Wildman–Crippen LogP) is 2.93. The summed E-state index contributed by atoms with van der Waals surface area (Å²) in [5.41, 5.74) is 0.609. The number of anilines is 1. The number of ether oxygens (including phenoxy) is 2. The monoisotopic (exact) mass is 381 g/mol. The fourth-order valence-electron chi connectivity index (χ4n) is 3.50. The van der Waals surface area contributed by atoms with Crippen LogP contribution in [0.3, 0.4) is 0 Å². The summed E-state index contributed by atoms with van der Waals surface area (Å²) < 4.78 is 35.7. The molecule has 2 fully saturated rings. The van der Waals surface area contributed by atoms with E-state index in [1.165, 1.54) is 0 Å². The van der Waals surface area contributed by atoms with Crippen LogP contribution in [0, 0.1) is 0 Å². The van der Waals surface area contributed by atoms with E-state index in [0.717, 1.165) is 45.1 Å². The Labute approximate surface area is 155 Å². The number of benzene rings is 1. The first-order valence-corrected chi connectivity index (χ1v) is 11.1. The van der Waals surface area contributed by atoms with Crippen LogP contribution in [0.15, 0.2) is 24.3 Å². The van der Waals surface area contributed by atoms with Crippen molar-refractivity contribution in [2.24, 2.45) is 0 Å². The minimum absolute atomic E-state index is 0.0141. The smallest absolute Gasteiger partial charge is 0.225 e. The second-order valence-corrected chi connectivity index (χ2v) is 9.45. The number of sulfone groups is 1. The maximum atomic E-state index is 12.2. The largest absolute Gasteiger partial charge is 0.491 e. The lowest BCUT2D eigenvalue weighted by molar-refractivity contribution is -0.115. The molecule has 1 atom stereocenters. The molecule has 0 radical (unpaired) electrons. The molecule has 144 valence electrons. The molecular formula is C19H27NO5S. The molecule has 0 aromatic heterocycles. The summed E-state index contributed by atoms with van der Waals surface area (Å²) in [5, 5.41) is 2.50. The summed E-state index contributed by atoms with van der Waals surface area (Å²) in [6, 6.07) is 7.14. The summed E-state index contributed by atoms with van der Waals surface area (Å²) in [5.74, 6) is 0.290. The van der Waals surface area contributed by atoms with E-state index in [1.54, 1.807) is 18.2 Å². The SMILES string of the molecule is O=C(CCS(=O)(=O)C1CCCC1)Nc1cccc(OC[C@@H]2CCCO2)c1. The summed E-state index contributed by atoms with van der Waals surface area (Å²) >= 11 is 0. The van der Waals surface area contributed by atoms with Gasteiger partial charge in [-0.2, -0.15) is 0 Å². The third kappa shape index (κ3) is 5.45. The highest BCUT2D eigenvalue weighted by molar-refractivity contribution is 7.92. The highest BCUT2D eigenvalue weighted by Gasteiger charge is 2.28. The first kappa shape index (κ1) is 19.2. The topological polar surface area (TPSA) is 81.7 Å². The van der Waals surface area contributed by atoms with Gasteiger partial charge in [-0.3, -0.25) is 4.79 Å². The van der Waals surface area contributed by atoms with Crippen LogP contribution in [0.4, 0.5) is 5.69 Å². The molecule has 2 aliphatic rings. The Kier molecular flexibility index (Phi) is 6.53. The van der Waals surface area contributed by atoms with Gasteiger partial charge in [0.2, 0.25) is 5.91 Å². The Morgan fingerprint density at radius 3 is 2.73 bits per heavy atom. The zero-order chi connectivity index (χ0) is 18.4. The van der Waals surface area contributed by atoms with E-state index in [-0.39, 0.29) is 29.4 Å². The van der Waals surface area contributed by atoms with Crippen LogP contribution in [-0.4, -0.2) is 44.6 Å². The molecular weight excluding hydrogens is 354 g/mol. The third-order valence-corrected chi connectivity index (χ3v) is 7.26. The summed E-state index contributed by atoms with van der Waals surface area (Å²) in [6.45, 7) is 1.28. The molecule has 7 heteroatoms. The maximum Gasteiger partial charge on any atom is 0.225 e. The van der Waals surface area contributed by atoms with Crippen molar-refractivity contribution >= 4 is 21.4 Å². The van der Waals surface area contributed by atoms with E-state index in [0.29, 0.717) is 18.0 Å². The molecule has 1 aromatic carbocycles. The molecule has 0 spiro atoms. The van der Waals surface area contributed by atoms with Gasteiger partial charge in [0, 0.05) is 24.8 Å². The van der Waals surface area contributed by atoms with Crippen LogP contribution in [0.2, 0.25) is 0 Å². The molecule has 6 nitrogen and oxygen atoms in total. The van der Waals surface area contributed by atoms with E-state index in [4.69, 9.17) is 9.47 Å². The van der Waals surface area contributed by atoms with Gasteiger partial charge in [0.15, 0.2) is 9.84 Å². The van der Waals surface area contributed by atoms with Gasteiger partial charge in [0.1, 0.15) is 12.4 Å². The van der Waals surface area contributed by atoms with Crippen molar-refractivity contribution in [3.05, 3.63) is 24.3 Å². The fourth-order valence-corrected chi connectivity index (χ4v) is 5.36. The number of nitrogens with one attached hydrogen (secondary N) is 1. The first-order chi connectivity index (χ1) is 12.5. The van der Waals surface area contributed by atoms with Crippen molar-refractivity contribution in [1.82, 2.24) is 0 Å². The van der Waals surface area contributed by atoms with Crippen molar-refractivity contribution in [1.29, 1.82) is 0 Å². The molecule has 1 aliphatic carbocycles. The van der Waals surface area contributed by atoms with Gasteiger partial charge in [-0.1, -0.05) is 18.9 Å². The second-order valence-electron chi connectivity index (χ2n) is 7.05. The third-order valence-electron chi connectivity index (χ3n) is 5.00. The molecule has 0 bridgehead atoms. The minimum atomic E-state index is -3.17. The summed E-state index contributed by atoms with van der Waals surface area (Å²) in [4.78, 5) is 12.1. The van der Waals surface area contributed by atoms with E-state index in [1.807, 2.05) is 6.07 Å². The highest BCUT2D eigenvalue weighted by atomic mass is 32.2. The normalized spacial score (nSPS) is 21.0. The first-order valence-electron chi connectivity index (χ1n) is 9.39. The number of carbonyl (C=O) groups is 1. The van der Waals surface area contributed by atoms with Crippen LogP contribution in [0.25, 0.3) is 0 Å². The van der Waals surface area contributed by atoms with Crippen molar-refractivity contribution in [3.8, 4) is 5.75 Å². The lowest BCUT2D eigenvalue weighted by atomic mass is 10.2. The lowest BCUT2D eigenvalue weighted by Crippen LogP contribution is -2.24. The standard InChI is InChI=1S/C19H27NO5S/c21-19(10-12-26(22,23)18-8-1-2-9-18)20-15-5-3-6-16(13-15)25-14-17-7-4-11-24-17/h3,5-6,13,17-18H,1-2,4,7-12,14H2,(H,20,21)/t17-/m0/s1. The van der Waals surface area contributed by atoms with Gasteiger partial charge in [0.05, 0.1) is 17.1 Å². The average Bonchev–Trinajstić information content (AvgIpc) is 3.32. The van der Waals surface area contributed by atoms with Gasteiger partial charge >= 0.3 is 0 Å². The van der Waals surface area contributed by atoms with Crippen molar-refractivity contribution < 1.29 is 22.7 Å². The molecule has 1 amide bonds. The number of hydrogen-bond donors (Lipinski definition) is 1. The van der Waals surface area contributed by atoms with Crippen molar-refractivity contribution in [2.75, 3.05) is 24.3 Å². The molecule has 0 unspecified atom stereocenters. The second kappa shape index (κ2) is 8.86. The molecule has 1 aromatic rings. The Hall–Kier alpha value is -1.60. The predicted molar refractivity (Wildman–Crippen MR) is 100 cm³/mol. The zero-order valence-corrected chi connectivity index (χ0v) is 15.8. The quantitative estimate of drug-likeness (QED) is 0.749. The average molecular weight is 381 g/mol. The zero-order valence-electron chi connectivity index (χ0n) is 15.0. The minimum Gasteiger partial charge on any atom is -0.491 e. The number of carbonyl (C=O) groups excluding carboxylic acids is 1. The fraction of sp³-hybridized carbons (Fsp3) is 0.632. The molecule has 1 saturated carbocycles. The molecule has 1 heterocycles. The van der Waals surface area contributed by atoms with Gasteiger partial charge in [-0.05, 0) is 37.8 Å². The Balaban J connectivity index is 1.46. The molecule has 26 heavy (non-hydrogen) atoms. The molecule has 3 rings (SSSR count). The van der Waals surface area contributed by atoms with Crippen molar-refractivity contribution in [2.45, 2.75) is 56.3 Å². The molecule has 1 saturated heterocycles. The summed E-state index contributed by atoms with van der Waals surface area (Å²) in [6.07, 6.45) is 5.58. The Morgan fingerprint density at radius 1 is 1.19 bits per heavy atom. The summed E-state index contributed by atoms with van der Waals surface area (Å²) in [7, 11) is -3.17. The molecule has 1 N–H and O–H groups in total. The Morgan fingerprint density at radius 2 is 2.00 bits per heavy atom. The number of amides is 1. The van der Waals surface area contributed by atoms with E-state index in [2.05, 4.69) is 5.32 Å². The molecule has 1 aliphatic heterocycles. The Bertz CT molecular complexity index is 706. The van der Waals surface area contributed by atoms with Gasteiger partial charge in [-0.15, -0.1) is 0 Å². The van der Waals surface area contributed by atoms with Crippen LogP contribution < -0.4 is 10.1 Å².